The van der Waals surface area contributed by atoms with Crippen molar-refractivity contribution in [1.82, 2.24) is 42.2 Å². The number of nitrogens with two attached hydrogens (primary N) is 3. The third kappa shape index (κ3) is 18.4. The summed E-state index contributed by atoms with van der Waals surface area (Å²) >= 11 is 14.6. The molecule has 1 heterocycles. The second kappa shape index (κ2) is 31.0. The van der Waals surface area contributed by atoms with Crippen LogP contribution in [0.2, 0.25) is 5.02 Å². The number of benzene rings is 5. The van der Waals surface area contributed by atoms with E-state index in [1.807, 2.05) is 54.6 Å². The highest BCUT2D eigenvalue weighted by Gasteiger charge is 2.36. The van der Waals surface area contributed by atoms with Crippen molar-refractivity contribution in [3.8, 4) is 5.75 Å². The summed E-state index contributed by atoms with van der Waals surface area (Å²) in [5.74, 6) is -7.27. The monoisotopic (exact) mass is 1180 g/mol. The Hall–Kier alpha value is -7.67. The smallest absolute Gasteiger partial charge is 0.245 e. The van der Waals surface area contributed by atoms with Crippen molar-refractivity contribution in [2.24, 2.45) is 17.2 Å². The number of hydrogen-bond acceptors (Lipinski definition) is 14. The molecule has 1 aromatic heterocycles. The van der Waals surface area contributed by atoms with Crippen LogP contribution >= 0.6 is 36.9 Å². The minimum atomic E-state index is -1.70. The molecule has 0 radical (unpaired) electrons. The molecule has 5 aromatic carbocycles. The Morgan fingerprint density at radius 1 is 0.561 bits per heavy atom. The van der Waals surface area contributed by atoms with Crippen LogP contribution in [0.15, 0.2) is 121 Å². The van der Waals surface area contributed by atoms with Crippen molar-refractivity contribution in [2.45, 2.75) is 106 Å². The van der Waals surface area contributed by atoms with E-state index in [1.165, 1.54) is 31.2 Å². The summed E-state index contributed by atoms with van der Waals surface area (Å²) in [5, 5.41) is 42.5. The normalized spacial score (nSPS) is 14.6. The molecule has 24 heteroatoms. The number of thiol groups is 2. The molecule has 0 saturated carbocycles. The zero-order chi connectivity index (χ0) is 59.5. The lowest BCUT2D eigenvalue weighted by Gasteiger charge is -2.28. The number of amides is 8. The summed E-state index contributed by atoms with van der Waals surface area (Å²) in [5.41, 5.74) is 21.0. The number of para-hydroxylation sites is 1. The van der Waals surface area contributed by atoms with Crippen molar-refractivity contribution >= 4 is 106 Å². The molecule has 0 aliphatic heterocycles. The first-order valence-corrected chi connectivity index (χ1v) is 28.2. The number of aromatic hydroxyl groups is 1. The van der Waals surface area contributed by atoms with E-state index in [4.69, 9.17) is 28.8 Å². The number of primary amides is 1. The second-order valence-electron chi connectivity index (χ2n) is 19.9. The van der Waals surface area contributed by atoms with Gasteiger partial charge in [0, 0.05) is 52.9 Å². The number of halogens is 1. The summed E-state index contributed by atoms with van der Waals surface area (Å²) < 4.78 is 0. The number of hydrogen-bond donors (Lipinski definition) is 15. The van der Waals surface area contributed by atoms with Crippen molar-refractivity contribution in [3.63, 3.8) is 0 Å². The molecule has 16 N–H and O–H groups in total. The van der Waals surface area contributed by atoms with Gasteiger partial charge in [0.25, 0.3) is 0 Å². The first-order chi connectivity index (χ1) is 39.3. The third-order valence-corrected chi connectivity index (χ3v) is 14.6. The van der Waals surface area contributed by atoms with Gasteiger partial charge in [-0.25, -0.2) is 0 Å². The van der Waals surface area contributed by atoms with Crippen LogP contribution in [-0.4, -0.2) is 135 Å². The van der Waals surface area contributed by atoms with Crippen molar-refractivity contribution in [2.75, 3.05) is 18.1 Å². The highest BCUT2D eigenvalue weighted by Crippen LogP contribution is 2.21. The molecule has 0 aliphatic rings. The zero-order valence-corrected chi connectivity index (χ0v) is 47.5. The fourth-order valence-electron chi connectivity index (χ4n) is 9.04. The maximum atomic E-state index is 14.8. The summed E-state index contributed by atoms with van der Waals surface area (Å²) in [6.45, 7) is 1.47. The standard InChI is InChI=1S/C58H70ClN11O10S2/c1-32(71)50(58(80)69-49(31-82)56(78)65-45(51(62)73)27-35-13-18-36-8-2-3-9-37(36)24-35)70-53(75)44(12-6-7-23-60)64-55(77)47(28-38-29-63-43-11-5-4-10-41(38)43)67-54(76)46(26-34-16-21-40(72)22-17-34)66-57(79)48(30-81)68-52(74)42(61)25-33-14-19-39(59)20-15-33/h2-5,8-11,13-22,24,29,32,42,44-50,63,71-72,81-82H,6-7,12,23,25-28,30-31,60-61H2,1H3,(H2,62,73)(H,64,77)(H,65,78)(H,66,79)(H,67,76)(H,68,74)(H,69,80)(H,70,75)/t32-,42+,44+,45+,46+,47-,48-,49+,50+/m1/s1. The van der Waals surface area contributed by atoms with Crippen LogP contribution in [0.5, 0.6) is 5.75 Å². The van der Waals surface area contributed by atoms with Crippen molar-refractivity contribution in [3.05, 3.63) is 149 Å². The van der Waals surface area contributed by atoms with Gasteiger partial charge in [0.05, 0.1) is 12.1 Å². The van der Waals surface area contributed by atoms with Gasteiger partial charge in [0.15, 0.2) is 0 Å². The van der Waals surface area contributed by atoms with Gasteiger partial charge in [0.1, 0.15) is 48.0 Å². The van der Waals surface area contributed by atoms with E-state index in [0.29, 0.717) is 34.6 Å². The zero-order valence-electron chi connectivity index (χ0n) is 45.0. The van der Waals surface area contributed by atoms with E-state index < -0.39 is 102 Å². The Morgan fingerprint density at radius 3 is 1.68 bits per heavy atom. The molecule has 0 saturated heterocycles. The molecule has 0 unspecified atom stereocenters. The summed E-state index contributed by atoms with van der Waals surface area (Å²) in [6, 6.07) is 22.1. The van der Waals surface area contributed by atoms with Crippen molar-refractivity contribution in [1.29, 1.82) is 0 Å². The number of rotatable bonds is 30. The predicted octanol–water partition coefficient (Wildman–Crippen LogP) is 1.53. The molecular formula is C58H70ClN11O10S2. The van der Waals surface area contributed by atoms with E-state index in [1.54, 1.807) is 42.6 Å². The first-order valence-electron chi connectivity index (χ1n) is 26.6. The molecule has 21 nitrogen and oxygen atoms in total. The summed E-state index contributed by atoms with van der Waals surface area (Å²) in [7, 11) is 0. The van der Waals surface area contributed by atoms with E-state index in [0.717, 1.165) is 27.2 Å². The van der Waals surface area contributed by atoms with Crippen LogP contribution in [0.25, 0.3) is 21.7 Å². The topological polar surface area (TPSA) is 355 Å². The van der Waals surface area contributed by atoms with Crippen LogP contribution in [0, 0.1) is 0 Å². The molecule has 0 aliphatic carbocycles. The maximum absolute atomic E-state index is 14.8. The number of unbranched alkanes of at least 4 members (excludes halogenated alkanes) is 1. The molecule has 82 heavy (non-hydrogen) atoms. The summed E-state index contributed by atoms with van der Waals surface area (Å²) in [6.07, 6.45) is 0.645. The Labute approximate surface area is 490 Å². The van der Waals surface area contributed by atoms with Crippen LogP contribution in [0.3, 0.4) is 0 Å². The van der Waals surface area contributed by atoms with Gasteiger partial charge in [-0.2, -0.15) is 25.3 Å². The quantitative estimate of drug-likeness (QED) is 0.0226. The molecule has 0 fully saturated rings. The SMILES string of the molecule is C[C@@H](O)[C@H](NC(=O)[C@H](CCCCN)NC(=O)[C@@H](Cc1c[nH]c2ccccc12)NC(=O)[C@H](Cc1ccc(O)cc1)NC(=O)[C@@H](CS)NC(=O)[C@@H](N)Cc1ccc(Cl)cc1)C(=O)N[C@@H](CS)C(=O)N[C@@H](Cc1ccc2ccccc2c1)C(N)=O. The molecule has 6 aromatic rings. The lowest BCUT2D eigenvalue weighted by Crippen LogP contribution is -2.62. The van der Waals surface area contributed by atoms with Crippen LogP contribution in [0.1, 0.15) is 48.4 Å². The fraction of sp³-hybridized carbons (Fsp3) is 0.345. The highest BCUT2D eigenvalue weighted by molar-refractivity contribution is 7.80. The molecule has 9 atom stereocenters. The molecule has 436 valence electrons. The first kappa shape index (κ1) is 63.5. The van der Waals surface area contributed by atoms with E-state index >= 15 is 0 Å². The van der Waals surface area contributed by atoms with E-state index in [-0.39, 0.29) is 55.9 Å². The molecule has 8 amide bonds. The number of carbonyl (C=O) groups excluding carboxylic acids is 8. The van der Waals surface area contributed by atoms with Gasteiger partial charge in [-0.1, -0.05) is 96.5 Å². The van der Waals surface area contributed by atoms with Gasteiger partial charge in [-0.3, -0.25) is 38.4 Å². The summed E-state index contributed by atoms with van der Waals surface area (Å²) in [4.78, 5) is 115. The van der Waals surface area contributed by atoms with Crippen LogP contribution in [-0.2, 0) is 64.0 Å². The second-order valence-corrected chi connectivity index (χ2v) is 21.1. The van der Waals surface area contributed by atoms with E-state index in [9.17, 15) is 48.6 Å². The number of aromatic amines is 1. The number of aliphatic hydroxyl groups is 1. The Bertz CT molecular complexity index is 3190. The van der Waals surface area contributed by atoms with E-state index in [2.05, 4.69) is 67.5 Å². The number of aliphatic hydroxyl groups excluding tert-OH is 1. The minimum absolute atomic E-state index is 0.0240. The van der Waals surface area contributed by atoms with Crippen LogP contribution < -0.4 is 54.4 Å². The number of phenols is 1. The average molecular weight is 1180 g/mol. The lowest BCUT2D eigenvalue weighted by atomic mass is 10.0. The average Bonchev–Trinajstić information content (AvgIpc) is 3.94. The lowest BCUT2D eigenvalue weighted by molar-refractivity contribution is -0.136. The molecular weight excluding hydrogens is 1110 g/mol. The number of H-pyrrole nitrogens is 1. The molecule has 0 bridgehead atoms. The van der Waals surface area contributed by atoms with Gasteiger partial charge in [-0.05, 0) is 103 Å². The van der Waals surface area contributed by atoms with Gasteiger partial charge >= 0.3 is 0 Å². The Kier molecular flexibility index (Phi) is 24.0. The molecule has 6 rings (SSSR count). The fourth-order valence-corrected chi connectivity index (χ4v) is 9.68. The number of aromatic nitrogens is 1. The Balaban J connectivity index is 1.20. The van der Waals surface area contributed by atoms with Crippen molar-refractivity contribution < 1.29 is 48.6 Å². The Morgan fingerprint density at radius 2 is 1.06 bits per heavy atom. The largest absolute Gasteiger partial charge is 0.508 e. The predicted molar refractivity (Wildman–Crippen MR) is 320 cm³/mol. The van der Waals surface area contributed by atoms with Gasteiger partial charge in [-0.15, -0.1) is 0 Å². The number of fused-ring (bicyclic) bond motifs is 2. The highest BCUT2D eigenvalue weighted by atomic mass is 35.5. The number of nitrogens with one attached hydrogen (secondary N) is 8. The van der Waals surface area contributed by atoms with Gasteiger partial charge in [0.2, 0.25) is 47.3 Å². The maximum Gasteiger partial charge on any atom is 0.245 e. The van der Waals surface area contributed by atoms with Gasteiger partial charge < -0.3 is 69.6 Å². The third-order valence-electron chi connectivity index (χ3n) is 13.6. The number of phenolic OH excluding ortho intramolecular Hbond substituents is 1. The number of carbonyl (C=O) groups is 8. The van der Waals surface area contributed by atoms with Crippen LogP contribution in [0.4, 0.5) is 0 Å². The molecule has 0 spiro atoms. The minimum Gasteiger partial charge on any atom is -0.508 e.